The minimum atomic E-state index is -0.463. The summed E-state index contributed by atoms with van der Waals surface area (Å²) in [6, 6.07) is 19.7. The Bertz CT molecular complexity index is 611. The van der Waals surface area contributed by atoms with E-state index in [2.05, 4.69) is 4.99 Å². The number of benzene rings is 2. The molecule has 0 spiro atoms. The maximum Gasteiger partial charge on any atom is 0.296 e. The normalized spacial score (nSPS) is 11.9. The summed E-state index contributed by atoms with van der Waals surface area (Å²) in [5.41, 5.74) is 2.28. The van der Waals surface area contributed by atoms with Crippen molar-refractivity contribution in [1.29, 1.82) is 0 Å². The van der Waals surface area contributed by atoms with Gasteiger partial charge >= 0.3 is 0 Å². The Kier molecular flexibility index (Phi) is 4.99. The molecule has 114 valence electrons. The highest BCUT2D eigenvalue weighted by atomic mass is 16.6. The van der Waals surface area contributed by atoms with Crippen LogP contribution in [0.5, 0.6) is 0 Å². The molecule has 0 radical (unpaired) electrons. The third-order valence-electron chi connectivity index (χ3n) is 2.81. The molecular formula is C19H21NO2. The molecule has 2 aromatic rings. The van der Waals surface area contributed by atoms with Gasteiger partial charge in [0.1, 0.15) is 11.8 Å². The molecule has 0 atom stereocenters. The van der Waals surface area contributed by atoms with E-state index in [1.807, 2.05) is 81.4 Å². The van der Waals surface area contributed by atoms with Crippen molar-refractivity contribution in [3.63, 3.8) is 0 Å². The summed E-state index contributed by atoms with van der Waals surface area (Å²) in [5, 5.41) is 9.86. The first-order valence-corrected chi connectivity index (χ1v) is 7.22. The largest absolute Gasteiger partial charge is 0.480 e. The van der Waals surface area contributed by atoms with Crippen LogP contribution in [-0.2, 0) is 4.74 Å². The third kappa shape index (κ3) is 4.77. The lowest BCUT2D eigenvalue weighted by Gasteiger charge is -2.19. The highest BCUT2D eigenvalue weighted by Crippen LogP contribution is 2.14. The van der Waals surface area contributed by atoms with Gasteiger partial charge in [-0.15, -0.1) is 0 Å². The Morgan fingerprint density at radius 2 is 1.36 bits per heavy atom. The highest BCUT2D eigenvalue weighted by Gasteiger charge is 2.13. The Balaban J connectivity index is 2.38. The number of hydrogen-bond donors (Lipinski definition) is 1. The first kappa shape index (κ1) is 15.8. The van der Waals surface area contributed by atoms with E-state index in [1.54, 1.807) is 0 Å². The lowest BCUT2D eigenvalue weighted by atomic mass is 10.0. The van der Waals surface area contributed by atoms with Crippen molar-refractivity contribution < 1.29 is 9.84 Å². The molecule has 0 aromatic heterocycles. The summed E-state index contributed by atoms with van der Waals surface area (Å²) in [6.45, 7) is 5.61. The molecule has 0 aliphatic carbocycles. The van der Waals surface area contributed by atoms with Crippen molar-refractivity contribution in [3.05, 3.63) is 83.9 Å². The number of rotatable bonds is 4. The van der Waals surface area contributed by atoms with Gasteiger partial charge < -0.3 is 9.84 Å². The second-order valence-corrected chi connectivity index (χ2v) is 5.89. The molecule has 0 aliphatic rings. The molecule has 22 heavy (non-hydrogen) atoms. The fourth-order valence-electron chi connectivity index (χ4n) is 1.97. The van der Waals surface area contributed by atoms with Crippen LogP contribution in [0.4, 0.5) is 0 Å². The SMILES string of the molecule is CC(C)(C)OC(O)=CN=C(c1ccccc1)c1ccccc1. The Labute approximate surface area is 131 Å². The van der Waals surface area contributed by atoms with Gasteiger partial charge in [0.15, 0.2) is 0 Å². The molecule has 0 aliphatic heterocycles. The predicted molar refractivity (Wildman–Crippen MR) is 90.1 cm³/mol. The van der Waals surface area contributed by atoms with Gasteiger partial charge in [-0.3, -0.25) is 0 Å². The van der Waals surface area contributed by atoms with Crippen LogP contribution in [0, 0.1) is 0 Å². The lowest BCUT2D eigenvalue weighted by molar-refractivity contribution is -0.0149. The standard InChI is InChI=1S/C19H21NO2/c1-19(2,3)22-17(21)14-20-18(15-10-6-4-7-11-15)16-12-8-5-9-13-16/h4-14,21H,1-3H3. The maximum absolute atomic E-state index is 9.86. The van der Waals surface area contributed by atoms with Crippen LogP contribution in [-0.4, -0.2) is 16.4 Å². The van der Waals surface area contributed by atoms with Gasteiger partial charge in [-0.2, -0.15) is 0 Å². The van der Waals surface area contributed by atoms with Gasteiger partial charge in [0.25, 0.3) is 5.95 Å². The monoisotopic (exact) mass is 295 g/mol. The minimum absolute atomic E-state index is 0.197. The van der Waals surface area contributed by atoms with E-state index >= 15 is 0 Å². The molecular weight excluding hydrogens is 274 g/mol. The van der Waals surface area contributed by atoms with Crippen molar-refractivity contribution in [2.75, 3.05) is 0 Å². The van der Waals surface area contributed by atoms with E-state index in [1.165, 1.54) is 6.20 Å². The molecule has 0 saturated carbocycles. The van der Waals surface area contributed by atoms with Gasteiger partial charge in [0, 0.05) is 11.1 Å². The number of aliphatic hydroxyl groups excluding tert-OH is 1. The molecule has 0 bridgehead atoms. The maximum atomic E-state index is 9.86. The average molecular weight is 295 g/mol. The van der Waals surface area contributed by atoms with Crippen molar-refractivity contribution in [1.82, 2.24) is 0 Å². The Hall–Kier alpha value is -2.55. The molecule has 2 rings (SSSR count). The van der Waals surface area contributed by atoms with Crippen LogP contribution in [0.15, 0.2) is 77.8 Å². The average Bonchev–Trinajstić information content (AvgIpc) is 2.48. The first-order chi connectivity index (χ1) is 10.5. The van der Waals surface area contributed by atoms with Crippen LogP contribution < -0.4 is 0 Å². The molecule has 0 amide bonds. The van der Waals surface area contributed by atoms with Gasteiger partial charge in [-0.25, -0.2) is 4.99 Å². The highest BCUT2D eigenvalue weighted by molar-refractivity contribution is 6.13. The van der Waals surface area contributed by atoms with E-state index in [-0.39, 0.29) is 5.95 Å². The van der Waals surface area contributed by atoms with E-state index in [0.29, 0.717) is 0 Å². The number of aliphatic hydroxyl groups is 1. The second-order valence-electron chi connectivity index (χ2n) is 5.89. The first-order valence-electron chi connectivity index (χ1n) is 7.22. The van der Waals surface area contributed by atoms with Crippen molar-refractivity contribution >= 4 is 5.71 Å². The molecule has 3 heteroatoms. The zero-order valence-corrected chi connectivity index (χ0v) is 13.2. The van der Waals surface area contributed by atoms with Crippen LogP contribution in [0.1, 0.15) is 31.9 Å². The van der Waals surface area contributed by atoms with Crippen molar-refractivity contribution in [2.45, 2.75) is 26.4 Å². The fraction of sp³-hybridized carbons (Fsp3) is 0.211. The van der Waals surface area contributed by atoms with Crippen LogP contribution in [0.25, 0.3) is 0 Å². The quantitative estimate of drug-likeness (QED) is 0.656. The number of ether oxygens (including phenoxy) is 1. The van der Waals surface area contributed by atoms with Crippen molar-refractivity contribution in [2.24, 2.45) is 4.99 Å². The number of nitrogens with zero attached hydrogens (tertiary/aromatic N) is 1. The summed E-state index contributed by atoms with van der Waals surface area (Å²) in [6.07, 6.45) is 1.35. The van der Waals surface area contributed by atoms with Gasteiger partial charge in [-0.05, 0) is 20.8 Å². The molecule has 0 fully saturated rings. The second kappa shape index (κ2) is 6.94. The van der Waals surface area contributed by atoms with E-state index < -0.39 is 5.60 Å². The summed E-state index contributed by atoms with van der Waals surface area (Å²) >= 11 is 0. The van der Waals surface area contributed by atoms with Crippen LogP contribution in [0.2, 0.25) is 0 Å². The molecule has 0 saturated heterocycles. The topological polar surface area (TPSA) is 41.8 Å². The predicted octanol–water partition coefficient (Wildman–Crippen LogP) is 4.70. The molecule has 2 aromatic carbocycles. The van der Waals surface area contributed by atoms with Gasteiger partial charge in [0.05, 0.1) is 5.71 Å². The molecule has 1 N–H and O–H groups in total. The third-order valence-corrected chi connectivity index (χ3v) is 2.81. The number of hydrogen-bond acceptors (Lipinski definition) is 3. The summed E-state index contributed by atoms with van der Waals surface area (Å²) < 4.78 is 5.37. The summed E-state index contributed by atoms with van der Waals surface area (Å²) in [4.78, 5) is 4.43. The van der Waals surface area contributed by atoms with Crippen LogP contribution in [0.3, 0.4) is 0 Å². The van der Waals surface area contributed by atoms with E-state index in [4.69, 9.17) is 4.74 Å². The Morgan fingerprint density at radius 1 is 0.909 bits per heavy atom. The smallest absolute Gasteiger partial charge is 0.296 e. The summed E-state index contributed by atoms with van der Waals surface area (Å²) in [5.74, 6) is -0.197. The van der Waals surface area contributed by atoms with Gasteiger partial charge in [-0.1, -0.05) is 60.7 Å². The number of aliphatic imine (C=N–C) groups is 1. The lowest BCUT2D eigenvalue weighted by Crippen LogP contribution is -2.18. The Morgan fingerprint density at radius 3 is 1.77 bits per heavy atom. The van der Waals surface area contributed by atoms with Crippen molar-refractivity contribution in [3.8, 4) is 0 Å². The molecule has 0 heterocycles. The molecule has 0 unspecified atom stereocenters. The van der Waals surface area contributed by atoms with Gasteiger partial charge in [0.2, 0.25) is 0 Å². The fourth-order valence-corrected chi connectivity index (χ4v) is 1.97. The zero-order chi connectivity index (χ0) is 16.0. The zero-order valence-electron chi connectivity index (χ0n) is 13.2. The molecule has 3 nitrogen and oxygen atoms in total. The summed E-state index contributed by atoms with van der Waals surface area (Å²) in [7, 11) is 0. The van der Waals surface area contributed by atoms with E-state index in [9.17, 15) is 5.11 Å². The minimum Gasteiger partial charge on any atom is -0.480 e. The van der Waals surface area contributed by atoms with Crippen LogP contribution >= 0.6 is 0 Å². The van der Waals surface area contributed by atoms with E-state index in [0.717, 1.165) is 16.8 Å².